The Kier molecular flexibility index (Phi) is 5.92. The van der Waals surface area contributed by atoms with Crippen LogP contribution in [0.3, 0.4) is 0 Å². The minimum atomic E-state index is 0.714. The third-order valence-corrected chi connectivity index (χ3v) is 3.72. The molecule has 0 aliphatic carbocycles. The average molecular weight is 300 g/mol. The molecule has 0 fully saturated rings. The number of hydrogen-bond donors (Lipinski definition) is 1. The molecule has 0 aliphatic heterocycles. The highest BCUT2D eigenvalue weighted by molar-refractivity contribution is 9.10. The van der Waals surface area contributed by atoms with Gasteiger partial charge < -0.3 is 5.73 Å². The predicted molar refractivity (Wildman–Crippen MR) is 76.1 cm³/mol. The minimum Gasteiger partial charge on any atom is -0.330 e. The van der Waals surface area contributed by atoms with Gasteiger partial charge in [0.05, 0.1) is 15.9 Å². The maximum absolute atomic E-state index is 5.51. The number of allylic oxidation sites excluding steroid dienone is 1. The summed E-state index contributed by atoms with van der Waals surface area (Å²) in [5.41, 5.74) is 9.29. The molecule has 1 aromatic rings. The van der Waals surface area contributed by atoms with Crippen molar-refractivity contribution in [3.63, 3.8) is 0 Å². The minimum absolute atomic E-state index is 0.714. The van der Waals surface area contributed by atoms with E-state index in [2.05, 4.69) is 52.6 Å². The summed E-state index contributed by atoms with van der Waals surface area (Å²) >= 11 is 3.66. The maximum Gasteiger partial charge on any atom is 0.0766 e. The molecular formula is C13H22BrN3. The van der Waals surface area contributed by atoms with Gasteiger partial charge in [-0.1, -0.05) is 18.6 Å². The fourth-order valence-electron chi connectivity index (χ4n) is 1.85. The van der Waals surface area contributed by atoms with E-state index >= 15 is 0 Å². The number of hydrogen-bond acceptors (Lipinski definition) is 2. The van der Waals surface area contributed by atoms with E-state index in [4.69, 9.17) is 5.73 Å². The maximum atomic E-state index is 5.51. The third kappa shape index (κ3) is 3.68. The number of aromatic nitrogens is 2. The Labute approximate surface area is 112 Å². The Morgan fingerprint density at radius 2 is 2.18 bits per heavy atom. The summed E-state index contributed by atoms with van der Waals surface area (Å²) in [4.78, 5) is 0. The van der Waals surface area contributed by atoms with Crippen LogP contribution in [-0.2, 0) is 19.4 Å². The molecule has 1 heterocycles. The van der Waals surface area contributed by atoms with E-state index in [0.717, 1.165) is 31.5 Å². The molecule has 0 amide bonds. The lowest BCUT2D eigenvalue weighted by molar-refractivity contribution is 0.619. The number of nitrogens with zero attached hydrogens (tertiary/aromatic N) is 2. The second-order valence-electron chi connectivity index (χ2n) is 4.18. The predicted octanol–water partition coefficient (Wildman–Crippen LogP) is 3.07. The molecule has 0 radical (unpaired) electrons. The van der Waals surface area contributed by atoms with Gasteiger partial charge in [0.15, 0.2) is 0 Å². The molecule has 0 bridgehead atoms. The molecule has 0 aromatic carbocycles. The Balaban J connectivity index is 2.92. The van der Waals surface area contributed by atoms with Crippen molar-refractivity contribution in [2.75, 3.05) is 6.54 Å². The molecule has 0 aliphatic rings. The van der Waals surface area contributed by atoms with Gasteiger partial charge in [-0.25, -0.2) is 0 Å². The Morgan fingerprint density at radius 1 is 1.47 bits per heavy atom. The SMILES string of the molecule is CCc1nn(CC)c(CC(C)=CCCN)c1Br. The van der Waals surface area contributed by atoms with Crippen molar-refractivity contribution >= 4 is 15.9 Å². The number of halogens is 1. The molecular weight excluding hydrogens is 278 g/mol. The van der Waals surface area contributed by atoms with E-state index < -0.39 is 0 Å². The molecule has 17 heavy (non-hydrogen) atoms. The van der Waals surface area contributed by atoms with Gasteiger partial charge >= 0.3 is 0 Å². The Hall–Kier alpha value is -0.610. The molecule has 1 aromatic heterocycles. The second-order valence-corrected chi connectivity index (χ2v) is 4.97. The smallest absolute Gasteiger partial charge is 0.0766 e. The highest BCUT2D eigenvalue weighted by Crippen LogP contribution is 2.24. The quantitative estimate of drug-likeness (QED) is 0.821. The van der Waals surface area contributed by atoms with Crippen LogP contribution in [0.25, 0.3) is 0 Å². The Morgan fingerprint density at radius 3 is 2.71 bits per heavy atom. The lowest BCUT2D eigenvalue weighted by Crippen LogP contribution is -2.04. The largest absolute Gasteiger partial charge is 0.330 e. The second kappa shape index (κ2) is 6.97. The first-order chi connectivity index (χ1) is 8.13. The molecule has 96 valence electrons. The number of rotatable bonds is 6. The van der Waals surface area contributed by atoms with E-state index in [1.807, 2.05) is 0 Å². The van der Waals surface area contributed by atoms with Gasteiger partial charge in [0, 0.05) is 13.0 Å². The molecule has 0 unspecified atom stereocenters. The van der Waals surface area contributed by atoms with Crippen molar-refractivity contribution in [3.05, 3.63) is 27.5 Å². The van der Waals surface area contributed by atoms with E-state index in [9.17, 15) is 0 Å². The lowest BCUT2D eigenvalue weighted by Gasteiger charge is -2.06. The zero-order valence-electron chi connectivity index (χ0n) is 11.0. The van der Waals surface area contributed by atoms with Crippen molar-refractivity contribution in [3.8, 4) is 0 Å². The van der Waals surface area contributed by atoms with Crippen molar-refractivity contribution in [2.45, 2.75) is 46.6 Å². The van der Waals surface area contributed by atoms with Crippen LogP contribution in [0.1, 0.15) is 38.6 Å². The van der Waals surface area contributed by atoms with E-state index in [1.54, 1.807) is 0 Å². The molecule has 1 rings (SSSR count). The van der Waals surface area contributed by atoms with Crippen LogP contribution >= 0.6 is 15.9 Å². The van der Waals surface area contributed by atoms with Gasteiger partial charge in [-0.05, 0) is 49.2 Å². The first-order valence-corrected chi connectivity index (χ1v) is 7.03. The van der Waals surface area contributed by atoms with Gasteiger partial charge in [-0.15, -0.1) is 0 Å². The normalized spacial score (nSPS) is 12.2. The van der Waals surface area contributed by atoms with Gasteiger partial charge in [0.1, 0.15) is 0 Å². The average Bonchev–Trinajstić information content (AvgIpc) is 2.63. The summed E-state index contributed by atoms with van der Waals surface area (Å²) in [6.45, 7) is 8.04. The molecule has 0 saturated heterocycles. The van der Waals surface area contributed by atoms with Crippen LogP contribution in [0.5, 0.6) is 0 Å². The first-order valence-electron chi connectivity index (χ1n) is 6.23. The molecule has 2 N–H and O–H groups in total. The van der Waals surface area contributed by atoms with Crippen LogP contribution < -0.4 is 5.73 Å². The zero-order valence-corrected chi connectivity index (χ0v) is 12.5. The van der Waals surface area contributed by atoms with Crippen molar-refractivity contribution in [1.82, 2.24) is 9.78 Å². The molecule has 0 spiro atoms. The van der Waals surface area contributed by atoms with E-state index in [0.29, 0.717) is 6.54 Å². The molecule has 0 atom stereocenters. The summed E-state index contributed by atoms with van der Waals surface area (Å²) in [5.74, 6) is 0. The fourth-order valence-corrected chi connectivity index (χ4v) is 2.56. The topological polar surface area (TPSA) is 43.8 Å². The first kappa shape index (κ1) is 14.5. The Bertz CT molecular complexity index is 394. The van der Waals surface area contributed by atoms with Crippen LogP contribution in [0.2, 0.25) is 0 Å². The lowest BCUT2D eigenvalue weighted by atomic mass is 10.1. The highest BCUT2D eigenvalue weighted by Gasteiger charge is 2.13. The summed E-state index contributed by atoms with van der Waals surface area (Å²) < 4.78 is 3.25. The zero-order chi connectivity index (χ0) is 12.8. The van der Waals surface area contributed by atoms with Crippen molar-refractivity contribution in [1.29, 1.82) is 0 Å². The molecule has 0 saturated carbocycles. The van der Waals surface area contributed by atoms with Gasteiger partial charge in [-0.2, -0.15) is 5.10 Å². The summed E-state index contributed by atoms with van der Waals surface area (Å²) in [6.07, 6.45) is 5.07. The highest BCUT2D eigenvalue weighted by atomic mass is 79.9. The van der Waals surface area contributed by atoms with Gasteiger partial charge in [-0.3, -0.25) is 4.68 Å². The molecule has 4 heteroatoms. The third-order valence-electron chi connectivity index (χ3n) is 2.80. The van der Waals surface area contributed by atoms with Gasteiger partial charge in [0.2, 0.25) is 0 Å². The monoisotopic (exact) mass is 299 g/mol. The van der Waals surface area contributed by atoms with Crippen LogP contribution in [-0.4, -0.2) is 16.3 Å². The van der Waals surface area contributed by atoms with E-state index in [1.165, 1.54) is 15.7 Å². The number of nitrogens with two attached hydrogens (primary N) is 1. The summed E-state index contributed by atoms with van der Waals surface area (Å²) in [6, 6.07) is 0. The van der Waals surface area contributed by atoms with Crippen LogP contribution in [0, 0.1) is 0 Å². The van der Waals surface area contributed by atoms with Crippen LogP contribution in [0.4, 0.5) is 0 Å². The number of aryl methyl sites for hydroxylation is 2. The standard InChI is InChI=1S/C13H22BrN3/c1-4-11-13(14)12(17(5-2)16-11)9-10(3)7-6-8-15/h7H,4-6,8-9,15H2,1-3H3. The van der Waals surface area contributed by atoms with Crippen molar-refractivity contribution in [2.24, 2.45) is 5.73 Å². The van der Waals surface area contributed by atoms with Gasteiger partial charge in [0.25, 0.3) is 0 Å². The van der Waals surface area contributed by atoms with E-state index in [-0.39, 0.29) is 0 Å². The van der Waals surface area contributed by atoms with Crippen LogP contribution in [0.15, 0.2) is 16.1 Å². The molecule has 3 nitrogen and oxygen atoms in total. The van der Waals surface area contributed by atoms with Crippen molar-refractivity contribution < 1.29 is 0 Å². The summed E-state index contributed by atoms with van der Waals surface area (Å²) in [7, 11) is 0. The fraction of sp³-hybridized carbons (Fsp3) is 0.615. The summed E-state index contributed by atoms with van der Waals surface area (Å²) in [5, 5.41) is 4.60.